The first-order chi connectivity index (χ1) is 33.1. The van der Waals surface area contributed by atoms with Crippen molar-refractivity contribution >= 4 is 35.6 Å². The Morgan fingerprint density at radius 3 is 1.94 bits per heavy atom. The van der Waals surface area contributed by atoms with Gasteiger partial charge in [0.1, 0.15) is 17.2 Å². The number of nitrogens with zero attached hydrogens (tertiary/aromatic N) is 7. The zero-order valence-corrected chi connectivity index (χ0v) is 41.1. The van der Waals surface area contributed by atoms with Crippen LogP contribution in [0.15, 0.2) is 108 Å². The van der Waals surface area contributed by atoms with Crippen LogP contribution in [0.3, 0.4) is 0 Å². The second-order valence-electron chi connectivity index (χ2n) is 15.5. The molecule has 0 N–H and O–H groups in total. The second kappa shape index (κ2) is 25.7. The molecule has 8 rings (SSSR count). The Morgan fingerprint density at radius 2 is 1.28 bits per heavy atom. The van der Waals surface area contributed by atoms with Crippen LogP contribution in [0.4, 0.5) is 13.2 Å². The molecular formula is C52H46F3N7O4RuS2. The molecule has 8 heterocycles. The normalized spacial score (nSPS) is 10.9. The third-order valence-corrected chi connectivity index (χ3v) is 12.5. The number of carbonyl (C=O) groups is 2. The van der Waals surface area contributed by atoms with Crippen LogP contribution in [0, 0.1) is 11.8 Å². The molecule has 11 nitrogen and oxygen atoms in total. The maximum absolute atomic E-state index is 13.0. The summed E-state index contributed by atoms with van der Waals surface area (Å²) in [4.78, 5) is 46.2. The van der Waals surface area contributed by atoms with Crippen LogP contribution < -0.4 is 19.6 Å². The number of pyridine rings is 4. The van der Waals surface area contributed by atoms with Crippen LogP contribution in [-0.2, 0) is 48.1 Å². The fourth-order valence-electron chi connectivity index (χ4n) is 7.20. The number of aromatic nitrogens is 7. The summed E-state index contributed by atoms with van der Waals surface area (Å²) in [5.41, 5.74) is 6.84. The molecule has 0 aromatic carbocycles. The molecule has 8 aromatic rings. The van der Waals surface area contributed by atoms with Crippen molar-refractivity contribution in [3.63, 3.8) is 0 Å². The molecule has 0 bridgehead atoms. The van der Waals surface area contributed by atoms with E-state index in [0.29, 0.717) is 58.6 Å². The Labute approximate surface area is 419 Å². The summed E-state index contributed by atoms with van der Waals surface area (Å²) in [6.07, 6.45) is 11.9. The predicted molar refractivity (Wildman–Crippen MR) is 258 cm³/mol. The zero-order valence-electron chi connectivity index (χ0n) is 37.7. The van der Waals surface area contributed by atoms with Gasteiger partial charge in [0, 0.05) is 46.7 Å². The first-order valence-electron chi connectivity index (χ1n) is 22.1. The number of halogens is 3. The van der Waals surface area contributed by atoms with Gasteiger partial charge in [0.25, 0.3) is 12.9 Å². The number of hydrogen-bond donors (Lipinski definition) is 0. The largest absolute Gasteiger partial charge is 2.00 e. The number of alkyl halides is 3. The molecule has 0 atom stereocenters. The molecular weight excluding hydrogens is 1010 g/mol. The van der Waals surface area contributed by atoms with E-state index < -0.39 is 11.9 Å². The van der Waals surface area contributed by atoms with E-state index in [1.54, 1.807) is 71.5 Å². The van der Waals surface area contributed by atoms with Crippen molar-refractivity contribution in [3.8, 4) is 79.3 Å². The Bertz CT molecular complexity index is 2980. The Morgan fingerprint density at radius 1 is 0.652 bits per heavy atom. The van der Waals surface area contributed by atoms with Crippen molar-refractivity contribution in [2.24, 2.45) is 0 Å². The van der Waals surface area contributed by atoms with Gasteiger partial charge >= 0.3 is 25.7 Å². The number of ether oxygens (including phenoxy) is 2. The van der Waals surface area contributed by atoms with E-state index in [-0.39, 0.29) is 30.9 Å². The van der Waals surface area contributed by atoms with Crippen molar-refractivity contribution in [1.29, 1.82) is 0 Å². The molecule has 0 spiro atoms. The average Bonchev–Trinajstić information content (AvgIpc) is 4.21. The predicted octanol–water partition coefficient (Wildman–Crippen LogP) is 12.5. The van der Waals surface area contributed by atoms with Crippen molar-refractivity contribution in [3.05, 3.63) is 135 Å². The van der Waals surface area contributed by atoms with Gasteiger partial charge in [-0.05, 0) is 102 Å². The SMILES string of the molecule is CCCCCCc1ccsc1-c1cc(-c2ccc[n-]2)nc(-c2cc(C(F)(F)F)n[n-]2)c1.CCCCCCc1ccsc1C#Cc1ccnc(-c2cc(OC=O)cc(-c3cc(OC=O)ccn3)n2)c1.[Ru+2]. The van der Waals surface area contributed by atoms with E-state index in [1.807, 2.05) is 24.3 Å². The summed E-state index contributed by atoms with van der Waals surface area (Å²) < 4.78 is 49.1. The van der Waals surface area contributed by atoms with E-state index >= 15 is 0 Å². The number of carbonyl (C=O) groups excluding carboxylic acids is 2. The molecule has 17 heteroatoms. The zero-order chi connectivity index (χ0) is 47.7. The van der Waals surface area contributed by atoms with Crippen LogP contribution in [0.2, 0.25) is 0 Å². The van der Waals surface area contributed by atoms with Crippen LogP contribution in [0.25, 0.3) is 56.0 Å². The fraction of sp³-hybridized carbons (Fsp3) is 0.250. The third kappa shape index (κ3) is 14.5. The summed E-state index contributed by atoms with van der Waals surface area (Å²) in [5, 5.41) is 11.2. The smallest absolute Gasteiger partial charge is 0.662 e. The van der Waals surface area contributed by atoms with E-state index in [4.69, 9.17) is 9.47 Å². The molecule has 0 saturated heterocycles. The molecule has 69 heavy (non-hydrogen) atoms. The molecule has 0 aliphatic rings. The maximum atomic E-state index is 13.0. The summed E-state index contributed by atoms with van der Waals surface area (Å²) in [7, 11) is 0. The van der Waals surface area contributed by atoms with Gasteiger partial charge in [-0.2, -0.15) is 19.4 Å². The first-order valence-corrected chi connectivity index (χ1v) is 23.9. The molecule has 0 amide bonds. The number of unbranched alkanes of at least 4 members (excludes halogenated alkanes) is 6. The van der Waals surface area contributed by atoms with Crippen LogP contribution in [0.5, 0.6) is 11.5 Å². The Hall–Kier alpha value is -6.60. The van der Waals surface area contributed by atoms with Crippen molar-refractivity contribution in [2.45, 2.75) is 84.2 Å². The van der Waals surface area contributed by atoms with Gasteiger partial charge in [-0.1, -0.05) is 82.0 Å². The molecule has 8 aromatic heterocycles. The third-order valence-electron chi connectivity index (χ3n) is 10.6. The molecule has 0 unspecified atom stereocenters. The van der Waals surface area contributed by atoms with Crippen molar-refractivity contribution in [1.82, 2.24) is 35.1 Å². The Balaban J connectivity index is 0.000000227. The molecule has 0 fully saturated rings. The second-order valence-corrected chi connectivity index (χ2v) is 17.3. The summed E-state index contributed by atoms with van der Waals surface area (Å²) in [5.74, 6) is 7.16. The van der Waals surface area contributed by atoms with Crippen LogP contribution in [-0.4, -0.2) is 38.0 Å². The van der Waals surface area contributed by atoms with Gasteiger partial charge in [0.05, 0.1) is 33.3 Å². The molecule has 0 aliphatic heterocycles. The van der Waals surface area contributed by atoms with Gasteiger partial charge in [-0.25, -0.2) is 4.98 Å². The van der Waals surface area contributed by atoms with E-state index in [0.717, 1.165) is 46.2 Å². The number of aryl methyl sites for hydroxylation is 2. The standard InChI is InChI=1S/C29H25N3O4S.C23H21F3N4S.Ru/c1-2-3-4-5-6-22-11-14-37-29(22)8-7-21-9-12-30-25(15-21)27-17-24(36-20-34)18-28(32-27)26-16-23(35-19-33)10-13-31-26;1-2-3-4-5-7-15-9-11-31-22(15)16-12-18(17-8-6-10-27-17)28-19(13-16)20-14-21(30-29-20)23(24,25)26;/h9-20H,2-6H2,1H3;6,8-14H,2-5,7H2,1H3;/q;-2;+2. The average molecular weight is 1060 g/mol. The number of rotatable bonds is 19. The summed E-state index contributed by atoms with van der Waals surface area (Å²) in [6.45, 7) is 5.08. The minimum atomic E-state index is -4.54. The minimum Gasteiger partial charge on any atom is -0.662 e. The maximum Gasteiger partial charge on any atom is 2.00 e. The topological polar surface area (TPSA) is 145 Å². The van der Waals surface area contributed by atoms with E-state index in [9.17, 15) is 22.8 Å². The van der Waals surface area contributed by atoms with Gasteiger partial charge in [-0.15, -0.1) is 28.4 Å². The van der Waals surface area contributed by atoms with E-state index in [1.165, 1.54) is 62.3 Å². The molecule has 354 valence electrons. The van der Waals surface area contributed by atoms with Crippen LogP contribution in [0.1, 0.15) is 92.5 Å². The molecule has 0 radical (unpaired) electrons. The van der Waals surface area contributed by atoms with E-state index in [2.05, 4.69) is 83.7 Å². The van der Waals surface area contributed by atoms with Crippen molar-refractivity contribution < 1.29 is 51.7 Å². The Kier molecular flexibility index (Phi) is 19.3. The van der Waals surface area contributed by atoms with Gasteiger partial charge in [-0.3, -0.25) is 24.5 Å². The van der Waals surface area contributed by atoms with Crippen molar-refractivity contribution in [2.75, 3.05) is 0 Å². The summed E-state index contributed by atoms with van der Waals surface area (Å²) >= 11 is 3.28. The van der Waals surface area contributed by atoms with Gasteiger partial charge < -0.3 is 24.7 Å². The summed E-state index contributed by atoms with van der Waals surface area (Å²) in [6, 6.07) is 22.6. The fourth-order valence-corrected chi connectivity index (χ4v) is 8.94. The minimum absolute atomic E-state index is 0. The number of thiophene rings is 2. The molecule has 0 saturated carbocycles. The first kappa shape index (κ1) is 51.8. The molecule has 0 aliphatic carbocycles. The van der Waals surface area contributed by atoms with Gasteiger partial charge in [0.2, 0.25) is 0 Å². The number of hydrogen-bond acceptors (Lipinski definition) is 11. The van der Waals surface area contributed by atoms with Gasteiger partial charge in [0.15, 0.2) is 0 Å². The monoisotopic (exact) mass is 1060 g/mol. The quantitative estimate of drug-likeness (QED) is 0.0330. The van der Waals surface area contributed by atoms with Crippen LogP contribution >= 0.6 is 22.7 Å².